The van der Waals surface area contributed by atoms with Crippen LogP contribution in [0.5, 0.6) is 17.2 Å². The summed E-state index contributed by atoms with van der Waals surface area (Å²) in [6.45, 7) is 2.27. The van der Waals surface area contributed by atoms with Gasteiger partial charge in [-0.05, 0) is 55.5 Å². The first kappa shape index (κ1) is 23.1. The molecule has 0 saturated carbocycles. The molecule has 0 saturated heterocycles. The van der Waals surface area contributed by atoms with Crippen molar-refractivity contribution in [3.63, 3.8) is 0 Å². The van der Waals surface area contributed by atoms with Crippen molar-refractivity contribution in [2.45, 2.75) is 26.1 Å². The zero-order valence-corrected chi connectivity index (χ0v) is 19.1. The van der Waals surface area contributed by atoms with Crippen LogP contribution in [0.1, 0.15) is 28.4 Å². The van der Waals surface area contributed by atoms with Crippen LogP contribution in [0.4, 0.5) is 10.1 Å². The number of ether oxygens (including phenoxy) is 3. The van der Waals surface area contributed by atoms with E-state index in [2.05, 4.69) is 5.32 Å². The predicted molar refractivity (Wildman–Crippen MR) is 125 cm³/mol. The number of halogens is 1. The third-order valence-electron chi connectivity index (χ3n) is 5.59. The normalized spacial score (nSPS) is 15.1. The van der Waals surface area contributed by atoms with Crippen molar-refractivity contribution in [1.29, 1.82) is 0 Å². The summed E-state index contributed by atoms with van der Waals surface area (Å²) in [4.78, 5) is 27.3. The van der Waals surface area contributed by atoms with E-state index >= 15 is 0 Å². The van der Waals surface area contributed by atoms with Crippen molar-refractivity contribution in [3.8, 4) is 17.2 Å². The van der Waals surface area contributed by atoms with Gasteiger partial charge in [0.05, 0.1) is 14.2 Å². The standard InChI is InChI=1S/C26H25FN2O5/c1-16-26(31)29(14-18-5-4-6-23(32-2)24(18)33-3)15-19-13-21(11-12-22(19)34-16)28-25(30)17-7-9-20(27)10-8-17/h4-13,16H,14-15H2,1-3H3,(H,28,30). The molecule has 0 bridgehead atoms. The van der Waals surface area contributed by atoms with Gasteiger partial charge in [0.15, 0.2) is 17.6 Å². The Labute approximate surface area is 197 Å². The van der Waals surface area contributed by atoms with Gasteiger partial charge in [-0.2, -0.15) is 0 Å². The molecule has 34 heavy (non-hydrogen) atoms. The maximum atomic E-state index is 13.2. The highest BCUT2D eigenvalue weighted by Gasteiger charge is 2.29. The number of rotatable bonds is 6. The molecule has 4 rings (SSSR count). The highest BCUT2D eigenvalue weighted by atomic mass is 19.1. The van der Waals surface area contributed by atoms with Gasteiger partial charge in [-0.1, -0.05) is 12.1 Å². The minimum atomic E-state index is -0.683. The summed E-state index contributed by atoms with van der Waals surface area (Å²) in [5, 5.41) is 2.81. The van der Waals surface area contributed by atoms with Crippen molar-refractivity contribution in [1.82, 2.24) is 4.90 Å². The van der Waals surface area contributed by atoms with Gasteiger partial charge < -0.3 is 24.4 Å². The average molecular weight is 464 g/mol. The minimum absolute atomic E-state index is 0.169. The monoisotopic (exact) mass is 464 g/mol. The lowest BCUT2D eigenvalue weighted by Gasteiger charge is -2.24. The summed E-state index contributed by atoms with van der Waals surface area (Å²) in [7, 11) is 3.12. The molecule has 1 atom stereocenters. The number of fused-ring (bicyclic) bond motifs is 1. The molecule has 0 aromatic heterocycles. The third-order valence-corrected chi connectivity index (χ3v) is 5.59. The smallest absolute Gasteiger partial charge is 0.263 e. The van der Waals surface area contributed by atoms with Crippen molar-refractivity contribution in [2.75, 3.05) is 19.5 Å². The molecule has 3 aromatic rings. The van der Waals surface area contributed by atoms with Crippen molar-refractivity contribution in [2.24, 2.45) is 0 Å². The zero-order valence-electron chi connectivity index (χ0n) is 19.1. The molecule has 3 aromatic carbocycles. The number of hydrogen-bond acceptors (Lipinski definition) is 5. The van der Waals surface area contributed by atoms with Crippen molar-refractivity contribution >= 4 is 17.5 Å². The van der Waals surface area contributed by atoms with E-state index in [4.69, 9.17) is 14.2 Å². The Kier molecular flexibility index (Phi) is 6.67. The fourth-order valence-electron chi connectivity index (χ4n) is 3.90. The lowest BCUT2D eigenvalue weighted by atomic mass is 10.1. The molecule has 1 unspecified atom stereocenters. The van der Waals surface area contributed by atoms with E-state index in [1.807, 2.05) is 12.1 Å². The minimum Gasteiger partial charge on any atom is -0.493 e. The molecule has 1 aliphatic rings. The Bertz CT molecular complexity index is 1210. The Morgan fingerprint density at radius 1 is 1.12 bits per heavy atom. The first-order chi connectivity index (χ1) is 16.4. The van der Waals surface area contributed by atoms with Gasteiger partial charge in [0.25, 0.3) is 11.8 Å². The fourth-order valence-corrected chi connectivity index (χ4v) is 3.90. The number of methoxy groups -OCH3 is 2. The number of hydrogen-bond donors (Lipinski definition) is 1. The van der Waals surface area contributed by atoms with E-state index in [1.165, 1.54) is 24.3 Å². The van der Waals surface area contributed by atoms with Gasteiger partial charge in [-0.3, -0.25) is 9.59 Å². The van der Waals surface area contributed by atoms with Crippen molar-refractivity contribution < 1.29 is 28.2 Å². The lowest BCUT2D eigenvalue weighted by molar-refractivity contribution is -0.138. The van der Waals surface area contributed by atoms with Crippen LogP contribution in [0.2, 0.25) is 0 Å². The molecule has 8 heteroatoms. The number of nitrogens with zero attached hydrogens (tertiary/aromatic N) is 1. The van der Waals surface area contributed by atoms with Gasteiger partial charge in [0.2, 0.25) is 0 Å². The second-order valence-corrected chi connectivity index (χ2v) is 7.89. The lowest BCUT2D eigenvalue weighted by Crippen LogP contribution is -2.37. The molecule has 0 radical (unpaired) electrons. The van der Waals surface area contributed by atoms with Crippen LogP contribution < -0.4 is 19.5 Å². The van der Waals surface area contributed by atoms with Crippen molar-refractivity contribution in [3.05, 3.63) is 83.2 Å². The molecule has 1 heterocycles. The molecular weight excluding hydrogens is 439 g/mol. The number of carbonyl (C=O) groups excluding carboxylic acids is 2. The second kappa shape index (κ2) is 9.82. The van der Waals surface area contributed by atoms with E-state index in [0.29, 0.717) is 35.0 Å². The average Bonchev–Trinajstić information content (AvgIpc) is 2.95. The van der Waals surface area contributed by atoms with E-state index in [9.17, 15) is 14.0 Å². The maximum absolute atomic E-state index is 13.2. The molecule has 0 spiro atoms. The Morgan fingerprint density at radius 3 is 2.59 bits per heavy atom. The largest absolute Gasteiger partial charge is 0.493 e. The summed E-state index contributed by atoms with van der Waals surface area (Å²) in [5.74, 6) is 0.773. The number of benzene rings is 3. The van der Waals surface area contributed by atoms with Crippen LogP contribution in [0, 0.1) is 5.82 Å². The van der Waals surface area contributed by atoms with Crippen LogP contribution in [0.3, 0.4) is 0 Å². The number of carbonyl (C=O) groups is 2. The molecule has 176 valence electrons. The molecule has 7 nitrogen and oxygen atoms in total. The SMILES string of the molecule is COc1cccc(CN2Cc3cc(NC(=O)c4ccc(F)cc4)ccc3OC(C)C2=O)c1OC. The Hall–Kier alpha value is -4.07. The van der Waals surface area contributed by atoms with Gasteiger partial charge >= 0.3 is 0 Å². The first-order valence-corrected chi connectivity index (χ1v) is 10.7. The summed E-state index contributed by atoms with van der Waals surface area (Å²) < 4.78 is 29.9. The van der Waals surface area contributed by atoms with Gasteiger partial charge in [-0.25, -0.2) is 4.39 Å². The predicted octanol–water partition coefficient (Wildman–Crippen LogP) is 4.40. The molecule has 2 amide bonds. The van der Waals surface area contributed by atoms with Crippen LogP contribution in [0.25, 0.3) is 0 Å². The molecular formula is C26H25FN2O5. The Balaban J connectivity index is 1.59. The summed E-state index contributed by atoms with van der Waals surface area (Å²) >= 11 is 0. The third kappa shape index (κ3) is 4.80. The zero-order chi connectivity index (χ0) is 24.2. The van der Waals surface area contributed by atoms with Crippen LogP contribution >= 0.6 is 0 Å². The van der Waals surface area contributed by atoms with Crippen LogP contribution in [-0.4, -0.2) is 37.0 Å². The topological polar surface area (TPSA) is 77.1 Å². The summed E-state index contributed by atoms with van der Waals surface area (Å²) in [6.07, 6.45) is -0.683. The quantitative estimate of drug-likeness (QED) is 0.585. The number of para-hydroxylation sites is 1. The molecule has 0 aliphatic carbocycles. The highest BCUT2D eigenvalue weighted by Crippen LogP contribution is 2.34. The fraction of sp³-hybridized carbons (Fsp3) is 0.231. The van der Waals surface area contributed by atoms with Gasteiger partial charge in [0, 0.05) is 35.5 Å². The van der Waals surface area contributed by atoms with Gasteiger partial charge in [0.1, 0.15) is 11.6 Å². The molecule has 1 aliphatic heterocycles. The van der Waals surface area contributed by atoms with Crippen LogP contribution in [0.15, 0.2) is 60.7 Å². The van der Waals surface area contributed by atoms with E-state index in [1.54, 1.807) is 50.3 Å². The van der Waals surface area contributed by atoms with E-state index in [-0.39, 0.29) is 18.4 Å². The highest BCUT2D eigenvalue weighted by molar-refractivity contribution is 6.04. The summed E-state index contributed by atoms with van der Waals surface area (Å²) in [6, 6.07) is 16.0. The number of anilines is 1. The Morgan fingerprint density at radius 2 is 1.88 bits per heavy atom. The molecule has 0 fully saturated rings. The summed E-state index contributed by atoms with van der Waals surface area (Å²) in [5.41, 5.74) is 2.42. The van der Waals surface area contributed by atoms with E-state index < -0.39 is 11.9 Å². The number of amides is 2. The molecule has 1 N–H and O–H groups in total. The van der Waals surface area contributed by atoms with Crippen LogP contribution in [-0.2, 0) is 17.9 Å². The number of nitrogens with one attached hydrogen (secondary N) is 1. The maximum Gasteiger partial charge on any atom is 0.263 e. The second-order valence-electron chi connectivity index (χ2n) is 7.89. The first-order valence-electron chi connectivity index (χ1n) is 10.7. The van der Waals surface area contributed by atoms with E-state index in [0.717, 1.165) is 11.1 Å². The van der Waals surface area contributed by atoms with Gasteiger partial charge in [-0.15, -0.1) is 0 Å².